The maximum atomic E-state index is 12.7. The molecule has 112 valence electrons. The molecule has 0 bridgehead atoms. The molecule has 1 aromatic rings. The summed E-state index contributed by atoms with van der Waals surface area (Å²) in [6, 6.07) is 7.83. The van der Waals surface area contributed by atoms with Gasteiger partial charge in [-0.2, -0.15) is 0 Å². The van der Waals surface area contributed by atoms with Gasteiger partial charge in [-0.25, -0.2) is 0 Å². The highest BCUT2D eigenvalue weighted by Crippen LogP contribution is 2.18. The van der Waals surface area contributed by atoms with Gasteiger partial charge in [0.25, 0.3) is 5.91 Å². The molecule has 4 heteroatoms. The molecule has 1 aromatic carbocycles. The third-order valence-corrected chi connectivity index (χ3v) is 3.14. The molecular weight excluding hydrogens is 252 g/mol. The predicted octanol–water partition coefficient (Wildman–Crippen LogP) is 3.01. The first-order valence-electron chi connectivity index (χ1n) is 7.24. The topological polar surface area (TPSA) is 41.6 Å². The molecule has 0 aliphatic heterocycles. The number of benzene rings is 1. The van der Waals surface area contributed by atoms with E-state index in [1.807, 2.05) is 43.0 Å². The van der Waals surface area contributed by atoms with E-state index in [1.165, 1.54) is 0 Å². The van der Waals surface area contributed by atoms with Gasteiger partial charge in [-0.3, -0.25) is 4.79 Å². The molecule has 0 atom stereocenters. The minimum atomic E-state index is 0.0521. The monoisotopic (exact) mass is 278 g/mol. The van der Waals surface area contributed by atoms with Crippen LogP contribution in [0.1, 0.15) is 37.6 Å². The molecule has 0 radical (unpaired) electrons. The van der Waals surface area contributed by atoms with Crippen molar-refractivity contribution in [2.75, 3.05) is 32.1 Å². The van der Waals surface area contributed by atoms with E-state index in [0.717, 1.165) is 24.2 Å². The van der Waals surface area contributed by atoms with Crippen LogP contribution < -0.4 is 5.32 Å². The van der Waals surface area contributed by atoms with E-state index in [4.69, 9.17) is 4.74 Å². The molecular formula is C16H26N2O2. The van der Waals surface area contributed by atoms with E-state index in [0.29, 0.717) is 13.2 Å². The maximum Gasteiger partial charge on any atom is 0.256 e. The molecule has 0 heterocycles. The van der Waals surface area contributed by atoms with Crippen molar-refractivity contribution in [1.82, 2.24) is 4.90 Å². The van der Waals surface area contributed by atoms with Crippen LogP contribution in [0, 0.1) is 0 Å². The second-order valence-electron chi connectivity index (χ2n) is 5.06. The van der Waals surface area contributed by atoms with E-state index in [-0.39, 0.29) is 11.9 Å². The molecule has 4 nitrogen and oxygen atoms in total. The first-order valence-corrected chi connectivity index (χ1v) is 7.24. The number of rotatable bonds is 8. The van der Waals surface area contributed by atoms with Gasteiger partial charge in [0.05, 0.1) is 12.2 Å². The first kappa shape index (κ1) is 16.5. The number of anilines is 1. The largest absolute Gasteiger partial charge is 0.384 e. The van der Waals surface area contributed by atoms with Crippen molar-refractivity contribution >= 4 is 11.6 Å². The molecule has 0 fully saturated rings. The highest BCUT2D eigenvalue weighted by molar-refractivity contribution is 5.99. The standard InChI is InChI=1S/C16H26N2O2/c1-5-10-17-15-9-7-6-8-14(15)16(19)18(13(2)3)11-12-20-4/h6-9,13,17H,5,10-12H2,1-4H3. The average Bonchev–Trinajstić information content (AvgIpc) is 2.45. The van der Waals surface area contributed by atoms with Gasteiger partial charge < -0.3 is 15.0 Å². The highest BCUT2D eigenvalue weighted by Gasteiger charge is 2.20. The molecule has 0 spiro atoms. The van der Waals surface area contributed by atoms with E-state index in [2.05, 4.69) is 12.2 Å². The zero-order valence-corrected chi connectivity index (χ0v) is 13.0. The SMILES string of the molecule is CCCNc1ccccc1C(=O)N(CCOC)C(C)C. The Morgan fingerprint density at radius 3 is 2.65 bits per heavy atom. The Morgan fingerprint density at radius 1 is 1.35 bits per heavy atom. The third kappa shape index (κ3) is 4.53. The first-order chi connectivity index (χ1) is 9.61. The number of carbonyl (C=O) groups excluding carboxylic acids is 1. The second-order valence-corrected chi connectivity index (χ2v) is 5.06. The smallest absolute Gasteiger partial charge is 0.256 e. The number of ether oxygens (including phenoxy) is 1. The van der Waals surface area contributed by atoms with Crippen LogP contribution in [0.15, 0.2) is 24.3 Å². The number of nitrogens with one attached hydrogen (secondary N) is 1. The molecule has 0 aliphatic rings. The molecule has 1 amide bonds. The number of nitrogens with zero attached hydrogens (tertiary/aromatic N) is 1. The van der Waals surface area contributed by atoms with Gasteiger partial charge in [0.15, 0.2) is 0 Å². The summed E-state index contributed by atoms with van der Waals surface area (Å²) in [5.74, 6) is 0.0521. The van der Waals surface area contributed by atoms with Crippen molar-refractivity contribution in [3.63, 3.8) is 0 Å². The van der Waals surface area contributed by atoms with Crippen LogP contribution in [0.5, 0.6) is 0 Å². The quantitative estimate of drug-likeness (QED) is 0.795. The Morgan fingerprint density at radius 2 is 2.05 bits per heavy atom. The third-order valence-electron chi connectivity index (χ3n) is 3.14. The Balaban J connectivity index is 2.93. The van der Waals surface area contributed by atoms with Gasteiger partial charge in [-0.1, -0.05) is 19.1 Å². The fraction of sp³-hybridized carbons (Fsp3) is 0.562. The van der Waals surface area contributed by atoms with Crippen LogP contribution >= 0.6 is 0 Å². The summed E-state index contributed by atoms with van der Waals surface area (Å²) in [5.41, 5.74) is 1.63. The summed E-state index contributed by atoms with van der Waals surface area (Å²) in [5, 5.41) is 3.31. The Hall–Kier alpha value is -1.55. The van der Waals surface area contributed by atoms with Crippen LogP contribution in [0.2, 0.25) is 0 Å². The molecule has 0 aromatic heterocycles. The zero-order valence-electron chi connectivity index (χ0n) is 13.0. The number of amides is 1. The summed E-state index contributed by atoms with van der Waals surface area (Å²) < 4.78 is 5.09. The number of hydrogen-bond donors (Lipinski definition) is 1. The lowest BCUT2D eigenvalue weighted by molar-refractivity contribution is 0.0636. The van der Waals surface area contributed by atoms with Crippen molar-refractivity contribution in [2.45, 2.75) is 33.2 Å². The number of para-hydroxylation sites is 1. The molecule has 0 unspecified atom stereocenters. The van der Waals surface area contributed by atoms with Crippen molar-refractivity contribution in [1.29, 1.82) is 0 Å². The summed E-state index contributed by atoms with van der Waals surface area (Å²) >= 11 is 0. The maximum absolute atomic E-state index is 12.7. The normalized spacial score (nSPS) is 10.7. The summed E-state index contributed by atoms with van der Waals surface area (Å²) in [4.78, 5) is 14.5. The van der Waals surface area contributed by atoms with Crippen LogP contribution in [0.4, 0.5) is 5.69 Å². The Labute approximate surface area is 122 Å². The van der Waals surface area contributed by atoms with Crippen molar-refractivity contribution in [3.8, 4) is 0 Å². The van der Waals surface area contributed by atoms with Gasteiger partial charge in [-0.15, -0.1) is 0 Å². The molecule has 1 rings (SSSR count). The number of hydrogen-bond acceptors (Lipinski definition) is 3. The van der Waals surface area contributed by atoms with Crippen LogP contribution in [-0.4, -0.2) is 43.7 Å². The van der Waals surface area contributed by atoms with Gasteiger partial charge in [0.2, 0.25) is 0 Å². The lowest BCUT2D eigenvalue weighted by atomic mass is 10.1. The van der Waals surface area contributed by atoms with Gasteiger partial charge >= 0.3 is 0 Å². The minimum Gasteiger partial charge on any atom is -0.384 e. The van der Waals surface area contributed by atoms with E-state index >= 15 is 0 Å². The van der Waals surface area contributed by atoms with Gasteiger partial charge in [-0.05, 0) is 32.4 Å². The fourth-order valence-corrected chi connectivity index (χ4v) is 2.02. The van der Waals surface area contributed by atoms with Crippen molar-refractivity contribution in [3.05, 3.63) is 29.8 Å². The van der Waals surface area contributed by atoms with Gasteiger partial charge in [0.1, 0.15) is 0 Å². The predicted molar refractivity (Wildman–Crippen MR) is 83.3 cm³/mol. The second kappa shape index (κ2) is 8.59. The van der Waals surface area contributed by atoms with Gasteiger partial charge in [0, 0.05) is 31.9 Å². The lowest BCUT2D eigenvalue weighted by Crippen LogP contribution is -2.39. The Kier molecular flexibility index (Phi) is 7.09. The summed E-state index contributed by atoms with van der Waals surface area (Å²) in [6.45, 7) is 8.18. The van der Waals surface area contributed by atoms with E-state index in [1.54, 1.807) is 7.11 Å². The molecule has 1 N–H and O–H groups in total. The zero-order chi connectivity index (χ0) is 15.0. The summed E-state index contributed by atoms with van der Waals surface area (Å²) in [6.07, 6.45) is 1.03. The highest BCUT2D eigenvalue weighted by atomic mass is 16.5. The van der Waals surface area contributed by atoms with E-state index in [9.17, 15) is 4.79 Å². The minimum absolute atomic E-state index is 0.0521. The molecule has 0 aliphatic carbocycles. The fourth-order valence-electron chi connectivity index (χ4n) is 2.02. The van der Waals surface area contributed by atoms with Crippen molar-refractivity contribution < 1.29 is 9.53 Å². The van der Waals surface area contributed by atoms with Crippen LogP contribution in [-0.2, 0) is 4.74 Å². The Bertz CT molecular complexity index is 419. The van der Waals surface area contributed by atoms with Crippen LogP contribution in [0.3, 0.4) is 0 Å². The molecule has 20 heavy (non-hydrogen) atoms. The van der Waals surface area contributed by atoms with Crippen LogP contribution in [0.25, 0.3) is 0 Å². The van der Waals surface area contributed by atoms with E-state index < -0.39 is 0 Å². The molecule has 0 saturated carbocycles. The lowest BCUT2D eigenvalue weighted by Gasteiger charge is -2.27. The molecule has 0 saturated heterocycles. The number of carbonyl (C=O) groups is 1. The summed E-state index contributed by atoms with van der Waals surface area (Å²) in [7, 11) is 1.65. The average molecular weight is 278 g/mol. The van der Waals surface area contributed by atoms with Crippen molar-refractivity contribution in [2.24, 2.45) is 0 Å². The number of methoxy groups -OCH3 is 1.